The van der Waals surface area contributed by atoms with E-state index in [9.17, 15) is 9.59 Å². The van der Waals surface area contributed by atoms with E-state index in [1.165, 1.54) is 31.4 Å². The summed E-state index contributed by atoms with van der Waals surface area (Å²) >= 11 is 0. The summed E-state index contributed by atoms with van der Waals surface area (Å²) in [7, 11) is 1.28. The molecule has 0 amide bonds. The van der Waals surface area contributed by atoms with Gasteiger partial charge in [-0.05, 0) is 45.0 Å². The van der Waals surface area contributed by atoms with Crippen molar-refractivity contribution in [1.82, 2.24) is 0 Å². The molecule has 0 aromatic heterocycles. The number of carbonyl (C=O) groups is 2. The first-order valence-corrected chi connectivity index (χ1v) is 5.92. The Bertz CT molecular complexity index is 564. The lowest BCUT2D eigenvalue weighted by molar-refractivity contribution is -0.150. The number of esters is 2. The maximum Gasteiger partial charge on any atom is 0.422 e. The highest BCUT2D eigenvalue weighted by Crippen LogP contribution is 2.11. The van der Waals surface area contributed by atoms with Gasteiger partial charge in [0.05, 0.1) is 18.2 Å². The molecule has 6 heteroatoms. The Balaban J connectivity index is 3.00. The molecule has 0 spiro atoms. The van der Waals surface area contributed by atoms with Crippen molar-refractivity contribution in [3.05, 3.63) is 40.9 Å². The minimum Gasteiger partial charge on any atom is -0.465 e. The maximum atomic E-state index is 11.9. The number of rotatable bonds is 3. The fraction of sp³-hybridized carbons (Fsp3) is 0.357. The Morgan fingerprint density at radius 2 is 1.60 bits per heavy atom. The van der Waals surface area contributed by atoms with E-state index in [4.69, 9.17) is 10.3 Å². The largest absolute Gasteiger partial charge is 0.465 e. The van der Waals surface area contributed by atoms with Gasteiger partial charge in [0.1, 0.15) is 5.60 Å². The van der Waals surface area contributed by atoms with Crippen molar-refractivity contribution in [3.8, 4) is 0 Å². The highest BCUT2D eigenvalue weighted by Gasteiger charge is 2.29. The molecule has 1 aromatic carbocycles. The van der Waals surface area contributed by atoms with Crippen molar-refractivity contribution in [2.24, 2.45) is 0 Å². The number of nitrogens with zero attached hydrogens (tertiary/aromatic N) is 2. The summed E-state index contributed by atoms with van der Waals surface area (Å²) in [5.74, 6) is -1.23. The number of methoxy groups -OCH3 is 1. The van der Waals surface area contributed by atoms with Gasteiger partial charge in [-0.1, -0.05) is 0 Å². The van der Waals surface area contributed by atoms with Crippen LogP contribution in [0, 0.1) is 0 Å². The third-order valence-corrected chi connectivity index (χ3v) is 2.27. The minimum atomic E-state index is -0.745. The Morgan fingerprint density at radius 3 is 2.00 bits per heavy atom. The van der Waals surface area contributed by atoms with Crippen LogP contribution >= 0.6 is 0 Å². The molecule has 0 N–H and O–H groups in total. The van der Waals surface area contributed by atoms with Crippen LogP contribution in [0.25, 0.3) is 5.53 Å². The second-order valence-corrected chi connectivity index (χ2v) is 5.02. The molecule has 0 atom stereocenters. The lowest BCUT2D eigenvalue weighted by Crippen LogP contribution is -2.30. The third-order valence-electron chi connectivity index (χ3n) is 2.27. The molecule has 6 nitrogen and oxygen atoms in total. The molecule has 0 saturated carbocycles. The second-order valence-electron chi connectivity index (χ2n) is 5.02. The van der Waals surface area contributed by atoms with Crippen LogP contribution in [0.4, 0.5) is 0 Å². The summed E-state index contributed by atoms with van der Waals surface area (Å²) in [6.45, 7) is 5.13. The number of carbonyl (C=O) groups excluding carboxylic acids is 2. The summed E-state index contributed by atoms with van der Waals surface area (Å²) in [6, 6.07) is 5.89. The fourth-order valence-corrected chi connectivity index (χ4v) is 1.42. The van der Waals surface area contributed by atoms with Crippen molar-refractivity contribution in [2.45, 2.75) is 26.4 Å². The van der Waals surface area contributed by atoms with Gasteiger partial charge in [0.2, 0.25) is 0 Å². The van der Waals surface area contributed by atoms with Crippen LogP contribution in [0.15, 0.2) is 24.3 Å². The SMILES string of the molecule is COC(=O)c1ccc(C(=[N+]=[N-])C(=O)OC(C)(C)C)cc1. The fourth-order valence-electron chi connectivity index (χ4n) is 1.42. The molecule has 0 fully saturated rings. The van der Waals surface area contributed by atoms with Gasteiger partial charge in [-0.25, -0.2) is 9.59 Å². The average Bonchev–Trinajstić information content (AvgIpc) is 2.37. The van der Waals surface area contributed by atoms with Crippen molar-refractivity contribution in [3.63, 3.8) is 0 Å². The van der Waals surface area contributed by atoms with Crippen LogP contribution < -0.4 is 0 Å². The van der Waals surface area contributed by atoms with E-state index in [1.54, 1.807) is 20.8 Å². The minimum absolute atomic E-state index is 0.226. The van der Waals surface area contributed by atoms with Crippen molar-refractivity contribution in [2.75, 3.05) is 7.11 Å². The zero-order valence-electron chi connectivity index (χ0n) is 11.8. The van der Waals surface area contributed by atoms with Crippen LogP contribution in [0.1, 0.15) is 36.7 Å². The molecule has 1 aromatic rings. The zero-order valence-corrected chi connectivity index (χ0v) is 11.8. The first kappa shape index (κ1) is 15.6. The van der Waals surface area contributed by atoms with Gasteiger partial charge in [-0.3, -0.25) is 0 Å². The molecule has 0 radical (unpaired) electrons. The van der Waals surface area contributed by atoms with E-state index in [-0.39, 0.29) is 5.71 Å². The molecule has 0 saturated heterocycles. The summed E-state index contributed by atoms with van der Waals surface area (Å²) in [4.78, 5) is 26.1. The maximum absolute atomic E-state index is 11.9. The number of hydrogen-bond donors (Lipinski definition) is 0. The van der Waals surface area contributed by atoms with Crippen LogP contribution in [-0.2, 0) is 14.3 Å². The van der Waals surface area contributed by atoms with E-state index < -0.39 is 17.5 Å². The molecular weight excluding hydrogens is 260 g/mol. The van der Waals surface area contributed by atoms with Gasteiger partial charge in [-0.2, -0.15) is 4.79 Å². The number of hydrogen-bond acceptors (Lipinski definition) is 4. The molecule has 106 valence electrons. The summed E-state index contributed by atoms with van der Waals surface area (Å²) in [6.07, 6.45) is 0. The molecule has 0 unspecified atom stereocenters. The van der Waals surface area contributed by atoms with Crippen molar-refractivity contribution in [1.29, 1.82) is 0 Å². The first-order chi connectivity index (χ1) is 9.28. The molecule has 0 heterocycles. The van der Waals surface area contributed by atoms with Gasteiger partial charge >= 0.3 is 17.7 Å². The van der Waals surface area contributed by atoms with E-state index in [0.717, 1.165) is 0 Å². The topological polar surface area (TPSA) is 89.0 Å². The quantitative estimate of drug-likeness (QED) is 0.364. The van der Waals surface area contributed by atoms with Crippen molar-refractivity contribution < 1.29 is 23.9 Å². The average molecular weight is 276 g/mol. The van der Waals surface area contributed by atoms with E-state index in [2.05, 4.69) is 9.53 Å². The van der Waals surface area contributed by atoms with Crippen LogP contribution in [0.5, 0.6) is 0 Å². The summed E-state index contributed by atoms with van der Waals surface area (Å²) in [5, 5.41) is 0. The summed E-state index contributed by atoms with van der Waals surface area (Å²) in [5.41, 5.74) is 8.72. The standard InChI is InChI=1S/C14H16N2O4/c1-14(2,3)20-13(18)11(16-15)9-5-7-10(8-6-9)12(17)19-4/h5-8H,1-4H3. The molecule has 0 aliphatic heterocycles. The predicted octanol–water partition coefficient (Wildman–Crippen LogP) is 1.83. The van der Waals surface area contributed by atoms with Gasteiger partial charge < -0.3 is 15.0 Å². The summed E-state index contributed by atoms with van der Waals surface area (Å²) < 4.78 is 9.69. The van der Waals surface area contributed by atoms with Gasteiger partial charge in [-0.15, -0.1) is 0 Å². The first-order valence-electron chi connectivity index (χ1n) is 5.92. The highest BCUT2D eigenvalue weighted by molar-refractivity contribution is 6.40. The van der Waals surface area contributed by atoms with Crippen LogP contribution in [-0.4, -0.2) is 35.2 Å². The van der Waals surface area contributed by atoms with Gasteiger partial charge in [0.25, 0.3) is 0 Å². The third kappa shape index (κ3) is 4.03. The van der Waals surface area contributed by atoms with Crippen LogP contribution in [0.2, 0.25) is 0 Å². The smallest absolute Gasteiger partial charge is 0.422 e. The molecule has 0 bridgehead atoms. The molecule has 0 aliphatic rings. The molecule has 1 rings (SSSR count). The monoisotopic (exact) mass is 276 g/mol. The second kappa shape index (κ2) is 6.12. The van der Waals surface area contributed by atoms with Crippen molar-refractivity contribution >= 4 is 17.7 Å². The number of benzene rings is 1. The van der Waals surface area contributed by atoms with E-state index in [1.807, 2.05) is 0 Å². The lowest BCUT2D eigenvalue weighted by atomic mass is 10.1. The Hall–Kier alpha value is -2.46. The Morgan fingerprint density at radius 1 is 1.10 bits per heavy atom. The molecule has 20 heavy (non-hydrogen) atoms. The Kier molecular flexibility index (Phi) is 4.78. The zero-order chi connectivity index (χ0) is 15.3. The lowest BCUT2D eigenvalue weighted by Gasteiger charge is -2.17. The Labute approximate surface area is 116 Å². The van der Waals surface area contributed by atoms with E-state index >= 15 is 0 Å². The van der Waals surface area contributed by atoms with Crippen LogP contribution in [0.3, 0.4) is 0 Å². The number of ether oxygens (including phenoxy) is 2. The predicted molar refractivity (Wildman–Crippen MR) is 71.4 cm³/mol. The highest BCUT2D eigenvalue weighted by atomic mass is 16.6. The van der Waals surface area contributed by atoms with Gasteiger partial charge in [0.15, 0.2) is 0 Å². The molecular formula is C14H16N2O4. The molecule has 0 aliphatic carbocycles. The van der Waals surface area contributed by atoms with E-state index in [0.29, 0.717) is 11.1 Å². The normalized spacial score (nSPS) is 10.4. The van der Waals surface area contributed by atoms with Gasteiger partial charge in [0, 0.05) is 0 Å².